The van der Waals surface area contributed by atoms with Gasteiger partial charge in [-0.3, -0.25) is 0 Å². The molecule has 1 rings (SSSR count). The molecule has 0 saturated heterocycles. The molecule has 0 fully saturated rings. The molecule has 0 aromatic carbocycles. The van der Waals surface area contributed by atoms with Gasteiger partial charge in [-0.15, -0.1) is 0 Å². The van der Waals surface area contributed by atoms with E-state index in [0.717, 1.165) is 24.1 Å². The SMILES string of the molecule is CCCO.CCCOc1cccc(Br)n1. The van der Waals surface area contributed by atoms with E-state index in [1.807, 2.05) is 25.1 Å². The molecule has 0 atom stereocenters. The fourth-order valence-electron chi connectivity index (χ4n) is 0.677. The first-order valence-electron chi connectivity index (χ1n) is 5.10. The van der Waals surface area contributed by atoms with Crippen LogP contribution < -0.4 is 4.74 Å². The summed E-state index contributed by atoms with van der Waals surface area (Å²) in [5.41, 5.74) is 0. The molecule has 0 unspecified atom stereocenters. The number of hydrogen-bond acceptors (Lipinski definition) is 3. The van der Waals surface area contributed by atoms with Crippen molar-refractivity contribution in [3.63, 3.8) is 0 Å². The van der Waals surface area contributed by atoms with E-state index in [-0.39, 0.29) is 0 Å². The summed E-state index contributed by atoms with van der Waals surface area (Å²) in [5.74, 6) is 0.682. The molecule has 86 valence electrons. The maximum Gasteiger partial charge on any atom is 0.214 e. The summed E-state index contributed by atoms with van der Waals surface area (Å²) < 4.78 is 6.11. The van der Waals surface area contributed by atoms with E-state index in [2.05, 4.69) is 27.8 Å². The third kappa shape index (κ3) is 8.39. The van der Waals surface area contributed by atoms with E-state index in [0.29, 0.717) is 12.5 Å². The van der Waals surface area contributed by atoms with Gasteiger partial charge in [-0.05, 0) is 34.8 Å². The lowest BCUT2D eigenvalue weighted by Gasteiger charge is -2.01. The Balaban J connectivity index is 0.000000423. The lowest BCUT2D eigenvalue weighted by molar-refractivity contribution is 0.295. The van der Waals surface area contributed by atoms with Crippen molar-refractivity contribution in [2.45, 2.75) is 26.7 Å². The molecule has 1 heterocycles. The Morgan fingerprint density at radius 1 is 1.33 bits per heavy atom. The lowest BCUT2D eigenvalue weighted by Crippen LogP contribution is -1.96. The number of hydrogen-bond donors (Lipinski definition) is 1. The number of aliphatic hydroxyl groups is 1. The number of aromatic nitrogens is 1. The number of aliphatic hydroxyl groups excluding tert-OH is 1. The van der Waals surface area contributed by atoms with E-state index < -0.39 is 0 Å². The number of nitrogens with zero attached hydrogens (tertiary/aromatic N) is 1. The summed E-state index contributed by atoms with van der Waals surface area (Å²) in [7, 11) is 0. The van der Waals surface area contributed by atoms with Gasteiger partial charge in [0.25, 0.3) is 0 Å². The van der Waals surface area contributed by atoms with Gasteiger partial charge in [0.15, 0.2) is 0 Å². The Morgan fingerprint density at radius 3 is 2.47 bits per heavy atom. The third-order valence-electron chi connectivity index (χ3n) is 1.37. The van der Waals surface area contributed by atoms with E-state index >= 15 is 0 Å². The Labute approximate surface area is 99.6 Å². The largest absolute Gasteiger partial charge is 0.478 e. The average molecular weight is 276 g/mol. The van der Waals surface area contributed by atoms with E-state index in [1.165, 1.54) is 0 Å². The minimum Gasteiger partial charge on any atom is -0.478 e. The predicted octanol–water partition coefficient (Wildman–Crippen LogP) is 3.02. The van der Waals surface area contributed by atoms with Crippen molar-refractivity contribution in [1.82, 2.24) is 4.98 Å². The first-order valence-corrected chi connectivity index (χ1v) is 5.90. The monoisotopic (exact) mass is 275 g/mol. The number of rotatable bonds is 4. The van der Waals surface area contributed by atoms with Gasteiger partial charge < -0.3 is 9.84 Å². The summed E-state index contributed by atoms with van der Waals surface area (Å²) in [4.78, 5) is 4.11. The first-order chi connectivity index (χ1) is 7.24. The summed E-state index contributed by atoms with van der Waals surface area (Å²) in [5, 5.41) is 7.88. The molecular weight excluding hydrogens is 258 g/mol. The van der Waals surface area contributed by atoms with Crippen molar-refractivity contribution >= 4 is 15.9 Å². The van der Waals surface area contributed by atoms with Crippen molar-refractivity contribution in [3.8, 4) is 5.88 Å². The van der Waals surface area contributed by atoms with E-state index in [1.54, 1.807) is 0 Å². The highest BCUT2D eigenvalue weighted by molar-refractivity contribution is 9.10. The molecule has 1 N–H and O–H groups in total. The maximum absolute atomic E-state index is 7.88. The van der Waals surface area contributed by atoms with E-state index in [9.17, 15) is 0 Å². The molecular formula is C11H18BrNO2. The quantitative estimate of drug-likeness (QED) is 0.859. The van der Waals surface area contributed by atoms with Gasteiger partial charge in [-0.25, -0.2) is 4.98 Å². The summed E-state index contributed by atoms with van der Waals surface area (Å²) in [6, 6.07) is 5.63. The molecule has 0 radical (unpaired) electrons. The predicted molar refractivity (Wildman–Crippen MR) is 65.1 cm³/mol. The van der Waals surface area contributed by atoms with Gasteiger partial charge in [-0.2, -0.15) is 0 Å². The molecule has 0 saturated carbocycles. The topological polar surface area (TPSA) is 42.4 Å². The Bertz CT molecular complexity index is 254. The molecule has 4 heteroatoms. The number of halogens is 1. The zero-order valence-corrected chi connectivity index (χ0v) is 10.8. The minimum absolute atomic E-state index is 0.319. The molecule has 0 bridgehead atoms. The second kappa shape index (κ2) is 9.93. The molecule has 3 nitrogen and oxygen atoms in total. The highest BCUT2D eigenvalue weighted by Crippen LogP contribution is 2.11. The van der Waals surface area contributed by atoms with Gasteiger partial charge in [0.05, 0.1) is 6.61 Å². The molecule has 15 heavy (non-hydrogen) atoms. The van der Waals surface area contributed by atoms with Crippen LogP contribution in [-0.4, -0.2) is 23.3 Å². The van der Waals surface area contributed by atoms with Crippen molar-refractivity contribution in [2.75, 3.05) is 13.2 Å². The normalized spacial score (nSPS) is 9.07. The van der Waals surface area contributed by atoms with Gasteiger partial charge in [0, 0.05) is 12.7 Å². The highest BCUT2D eigenvalue weighted by Gasteiger charge is 1.93. The lowest BCUT2D eigenvalue weighted by atomic mass is 10.5. The van der Waals surface area contributed by atoms with Crippen LogP contribution in [0.25, 0.3) is 0 Å². The Morgan fingerprint density at radius 2 is 2.00 bits per heavy atom. The molecule has 0 aliphatic rings. The van der Waals surface area contributed by atoms with Crippen molar-refractivity contribution in [2.24, 2.45) is 0 Å². The molecule has 0 amide bonds. The van der Waals surface area contributed by atoms with Crippen molar-refractivity contribution in [1.29, 1.82) is 0 Å². The van der Waals surface area contributed by atoms with Gasteiger partial charge in [-0.1, -0.05) is 19.9 Å². The Kier molecular flexibility index (Phi) is 9.52. The fourth-order valence-corrected chi connectivity index (χ4v) is 1.00. The van der Waals surface area contributed by atoms with Crippen LogP contribution in [0, 0.1) is 0 Å². The van der Waals surface area contributed by atoms with Crippen LogP contribution in [0.3, 0.4) is 0 Å². The Hall–Kier alpha value is -0.610. The number of pyridine rings is 1. The first kappa shape index (κ1) is 14.4. The molecule has 0 spiro atoms. The molecule has 0 aliphatic heterocycles. The minimum atomic E-state index is 0.319. The fraction of sp³-hybridized carbons (Fsp3) is 0.545. The van der Waals surface area contributed by atoms with Crippen LogP contribution in [0.2, 0.25) is 0 Å². The van der Waals surface area contributed by atoms with Crippen LogP contribution in [-0.2, 0) is 0 Å². The van der Waals surface area contributed by atoms with Crippen LogP contribution in [0.5, 0.6) is 5.88 Å². The van der Waals surface area contributed by atoms with Crippen LogP contribution in [0.4, 0.5) is 0 Å². The van der Waals surface area contributed by atoms with Crippen molar-refractivity contribution in [3.05, 3.63) is 22.8 Å². The van der Waals surface area contributed by atoms with Crippen molar-refractivity contribution < 1.29 is 9.84 Å². The van der Waals surface area contributed by atoms with Crippen LogP contribution in [0.1, 0.15) is 26.7 Å². The highest BCUT2D eigenvalue weighted by atomic mass is 79.9. The summed E-state index contributed by atoms with van der Waals surface area (Å²) >= 11 is 3.26. The zero-order chi connectivity index (χ0) is 11.5. The van der Waals surface area contributed by atoms with Crippen LogP contribution >= 0.6 is 15.9 Å². The standard InChI is InChI=1S/C8H10BrNO.C3H8O/c1-2-6-11-8-5-3-4-7(9)10-8;1-2-3-4/h3-5H,2,6H2,1H3;4H,2-3H2,1H3. The third-order valence-corrected chi connectivity index (χ3v) is 1.81. The van der Waals surface area contributed by atoms with E-state index in [4.69, 9.17) is 9.84 Å². The summed E-state index contributed by atoms with van der Waals surface area (Å²) in [6.07, 6.45) is 1.88. The molecule has 1 aromatic heterocycles. The summed E-state index contributed by atoms with van der Waals surface area (Å²) in [6.45, 7) is 5.04. The van der Waals surface area contributed by atoms with Gasteiger partial charge in [0.1, 0.15) is 4.60 Å². The molecule has 1 aromatic rings. The second-order valence-corrected chi connectivity index (χ2v) is 3.68. The second-order valence-electron chi connectivity index (χ2n) is 2.87. The average Bonchev–Trinajstić information content (AvgIpc) is 2.27. The zero-order valence-electron chi connectivity index (χ0n) is 9.24. The van der Waals surface area contributed by atoms with Crippen LogP contribution in [0.15, 0.2) is 22.8 Å². The smallest absolute Gasteiger partial charge is 0.214 e. The molecule has 0 aliphatic carbocycles. The van der Waals surface area contributed by atoms with Gasteiger partial charge >= 0.3 is 0 Å². The number of ether oxygens (including phenoxy) is 1. The van der Waals surface area contributed by atoms with Gasteiger partial charge in [0.2, 0.25) is 5.88 Å². The maximum atomic E-state index is 7.88.